The number of amidine groups is 1. The molecule has 38 heavy (non-hydrogen) atoms. The molecule has 0 spiro atoms. The number of nitrogens with zero attached hydrogens (tertiary/aromatic N) is 3. The van der Waals surface area contributed by atoms with Crippen molar-refractivity contribution >= 4 is 40.7 Å². The van der Waals surface area contributed by atoms with Crippen LogP contribution in [0.1, 0.15) is 42.3 Å². The molecule has 0 saturated carbocycles. The number of aliphatic carboxylic acids is 1. The van der Waals surface area contributed by atoms with Crippen molar-refractivity contribution in [2.24, 2.45) is 10.9 Å². The number of halogens is 4. The molecular formula is C25H24ClF3N4O4S. The summed E-state index contributed by atoms with van der Waals surface area (Å²) in [6, 6.07) is 0.968. The SMILES string of the molecule is COC(=O)C1=C(CN2[C@@H]3C[C@H](CC(=O)O)C[C@H]2C(F)(F)C3)NC(c2nccs2)=N[C@H]1c1ccc(F)cc1Cl. The molecule has 4 atom stereocenters. The number of fused-ring (bicyclic) bond motifs is 2. The fourth-order valence-electron chi connectivity index (χ4n) is 5.69. The van der Waals surface area contributed by atoms with Crippen LogP contribution in [0, 0.1) is 11.7 Å². The predicted molar refractivity (Wildman–Crippen MR) is 134 cm³/mol. The Kier molecular flexibility index (Phi) is 7.23. The summed E-state index contributed by atoms with van der Waals surface area (Å²) in [5.41, 5.74) is 0.707. The molecule has 2 saturated heterocycles. The number of hydrogen-bond donors (Lipinski definition) is 2. The van der Waals surface area contributed by atoms with Crippen LogP contribution in [-0.2, 0) is 14.3 Å². The van der Waals surface area contributed by atoms with Crippen LogP contribution in [-0.4, -0.2) is 64.4 Å². The molecule has 2 N–H and O–H groups in total. The van der Waals surface area contributed by atoms with E-state index in [1.54, 1.807) is 16.5 Å². The van der Waals surface area contributed by atoms with Crippen LogP contribution in [0.15, 0.2) is 46.0 Å². The Morgan fingerprint density at radius 2 is 2.13 bits per heavy atom. The van der Waals surface area contributed by atoms with Gasteiger partial charge in [-0.3, -0.25) is 14.7 Å². The van der Waals surface area contributed by atoms with Gasteiger partial charge in [-0.2, -0.15) is 0 Å². The van der Waals surface area contributed by atoms with Crippen molar-refractivity contribution in [2.75, 3.05) is 13.7 Å². The Bertz CT molecular complexity index is 1320. The van der Waals surface area contributed by atoms with E-state index in [2.05, 4.69) is 15.3 Å². The number of piperidine rings is 1. The highest BCUT2D eigenvalue weighted by Crippen LogP contribution is 2.49. The first-order chi connectivity index (χ1) is 18.1. The van der Waals surface area contributed by atoms with Gasteiger partial charge in [0.15, 0.2) is 10.8 Å². The minimum absolute atomic E-state index is 0.0251. The Morgan fingerprint density at radius 3 is 2.76 bits per heavy atom. The number of carboxylic acid groups (broad SMARTS) is 1. The van der Waals surface area contributed by atoms with Crippen molar-refractivity contribution in [3.63, 3.8) is 0 Å². The van der Waals surface area contributed by atoms with E-state index in [-0.39, 0.29) is 35.9 Å². The van der Waals surface area contributed by atoms with Gasteiger partial charge in [0.05, 0.1) is 18.7 Å². The van der Waals surface area contributed by atoms with Crippen LogP contribution in [0.4, 0.5) is 13.2 Å². The van der Waals surface area contributed by atoms with Gasteiger partial charge in [0.1, 0.15) is 11.9 Å². The van der Waals surface area contributed by atoms with Gasteiger partial charge in [-0.1, -0.05) is 17.7 Å². The third-order valence-electron chi connectivity index (χ3n) is 7.25. The summed E-state index contributed by atoms with van der Waals surface area (Å²) < 4.78 is 49.0. The van der Waals surface area contributed by atoms with Crippen molar-refractivity contribution in [1.82, 2.24) is 15.2 Å². The van der Waals surface area contributed by atoms with Crippen LogP contribution >= 0.6 is 22.9 Å². The first kappa shape index (κ1) is 26.6. The van der Waals surface area contributed by atoms with Gasteiger partial charge in [-0.05, 0) is 30.9 Å². The molecule has 202 valence electrons. The zero-order valence-corrected chi connectivity index (χ0v) is 21.7. The first-order valence-corrected chi connectivity index (χ1v) is 13.2. The molecule has 0 amide bonds. The molecule has 8 nitrogen and oxygen atoms in total. The minimum Gasteiger partial charge on any atom is -0.481 e. The molecule has 2 bridgehead atoms. The van der Waals surface area contributed by atoms with Crippen LogP contribution < -0.4 is 5.32 Å². The van der Waals surface area contributed by atoms with Gasteiger partial charge in [0, 0.05) is 53.3 Å². The second-order valence-corrected chi connectivity index (χ2v) is 10.9. The Hall–Kier alpha value is -2.96. The van der Waals surface area contributed by atoms with Gasteiger partial charge in [0.25, 0.3) is 5.92 Å². The van der Waals surface area contributed by atoms with Crippen LogP contribution in [0.5, 0.6) is 0 Å². The Labute approximate surface area is 225 Å². The molecule has 13 heteroatoms. The maximum absolute atomic E-state index is 15.1. The van der Waals surface area contributed by atoms with Crippen molar-refractivity contribution in [1.29, 1.82) is 0 Å². The standard InChI is InChI=1S/C25H24ClF3N4O4S/c1-37-24(36)20-17(11-33-14-6-12(8-19(34)35)7-18(33)25(28,29)10-14)31-22(23-30-4-5-38-23)32-21(20)15-3-2-13(27)9-16(15)26/h2-5,9,12,14,18,21H,6-8,10-11H2,1H3,(H,31,32)(H,34,35)/t12-,14+,18-,21-/m0/s1. The average Bonchev–Trinajstić information content (AvgIpc) is 3.43. The summed E-state index contributed by atoms with van der Waals surface area (Å²) in [6.07, 6.45) is 1.35. The molecule has 0 radical (unpaired) electrons. The number of carbonyl (C=O) groups is 2. The number of methoxy groups -OCH3 is 1. The van der Waals surface area contributed by atoms with Crippen molar-refractivity contribution < 1.29 is 32.6 Å². The molecule has 0 unspecified atom stereocenters. The molecule has 3 aliphatic rings. The number of carbonyl (C=O) groups excluding carboxylic acids is 1. The van der Waals surface area contributed by atoms with E-state index in [4.69, 9.17) is 16.3 Å². The third-order valence-corrected chi connectivity index (χ3v) is 8.36. The fraction of sp³-hybridized carbons (Fsp3) is 0.440. The molecule has 2 aromatic rings. The number of thiazole rings is 1. The summed E-state index contributed by atoms with van der Waals surface area (Å²) in [7, 11) is 1.20. The van der Waals surface area contributed by atoms with Gasteiger partial charge < -0.3 is 15.2 Å². The zero-order valence-electron chi connectivity index (χ0n) is 20.2. The lowest BCUT2D eigenvalue weighted by molar-refractivity contribution is -0.139. The molecule has 3 aliphatic heterocycles. The highest BCUT2D eigenvalue weighted by molar-refractivity contribution is 7.11. The number of rotatable bonds is 7. The monoisotopic (exact) mass is 568 g/mol. The smallest absolute Gasteiger partial charge is 0.338 e. The summed E-state index contributed by atoms with van der Waals surface area (Å²) in [4.78, 5) is 34.9. The van der Waals surface area contributed by atoms with Crippen LogP contribution in [0.3, 0.4) is 0 Å². The van der Waals surface area contributed by atoms with E-state index < -0.39 is 48.2 Å². The van der Waals surface area contributed by atoms with Crippen LogP contribution in [0.2, 0.25) is 5.02 Å². The lowest BCUT2D eigenvalue weighted by Crippen LogP contribution is -2.50. The number of aromatic nitrogens is 1. The number of alkyl halides is 2. The third kappa shape index (κ3) is 5.04. The second-order valence-electron chi connectivity index (χ2n) is 9.63. The number of aliphatic imine (C=N–C) groups is 1. The molecule has 1 aromatic carbocycles. The van der Waals surface area contributed by atoms with E-state index >= 15 is 8.78 Å². The molecule has 4 heterocycles. The van der Waals surface area contributed by atoms with Gasteiger partial charge in [-0.15, -0.1) is 11.3 Å². The summed E-state index contributed by atoms with van der Waals surface area (Å²) >= 11 is 7.66. The highest BCUT2D eigenvalue weighted by atomic mass is 35.5. The average molecular weight is 569 g/mol. The first-order valence-electron chi connectivity index (χ1n) is 11.9. The van der Waals surface area contributed by atoms with Crippen molar-refractivity contribution in [3.8, 4) is 0 Å². The fourth-order valence-corrected chi connectivity index (χ4v) is 6.55. The van der Waals surface area contributed by atoms with E-state index in [0.717, 1.165) is 6.07 Å². The van der Waals surface area contributed by atoms with Crippen LogP contribution in [0.25, 0.3) is 0 Å². The minimum atomic E-state index is -3.01. The normalized spacial score (nSPS) is 26.6. The number of hydrogen-bond acceptors (Lipinski definition) is 8. The van der Waals surface area contributed by atoms with Crippen molar-refractivity contribution in [2.45, 2.75) is 49.7 Å². The number of carboxylic acids is 1. The van der Waals surface area contributed by atoms with Gasteiger partial charge in [-0.25, -0.2) is 22.9 Å². The number of ether oxygens (including phenoxy) is 1. The van der Waals surface area contributed by atoms with Gasteiger partial charge >= 0.3 is 11.9 Å². The Balaban J connectivity index is 1.57. The molecule has 2 fully saturated rings. The van der Waals surface area contributed by atoms with Gasteiger partial charge in [0.2, 0.25) is 0 Å². The van der Waals surface area contributed by atoms with E-state index in [1.807, 2.05) is 0 Å². The predicted octanol–water partition coefficient (Wildman–Crippen LogP) is 4.42. The lowest BCUT2D eigenvalue weighted by atomic mass is 9.87. The summed E-state index contributed by atoms with van der Waals surface area (Å²) in [5.74, 6) is -5.38. The molecular weight excluding hydrogens is 545 g/mol. The van der Waals surface area contributed by atoms with E-state index in [9.17, 15) is 19.1 Å². The van der Waals surface area contributed by atoms with E-state index in [0.29, 0.717) is 28.5 Å². The number of esters is 1. The maximum atomic E-state index is 15.1. The molecule has 1 aromatic heterocycles. The zero-order chi connectivity index (χ0) is 27.2. The largest absolute Gasteiger partial charge is 0.481 e. The number of nitrogens with one attached hydrogen (secondary N) is 1. The highest BCUT2D eigenvalue weighted by Gasteiger charge is 2.57. The maximum Gasteiger partial charge on any atom is 0.338 e. The topological polar surface area (TPSA) is 104 Å². The Morgan fingerprint density at radius 1 is 1.34 bits per heavy atom. The second kappa shape index (κ2) is 10.3. The number of benzene rings is 1. The quantitative estimate of drug-likeness (QED) is 0.477. The lowest BCUT2D eigenvalue weighted by Gasteiger charge is -2.40. The van der Waals surface area contributed by atoms with E-state index in [1.165, 1.54) is 30.6 Å². The van der Waals surface area contributed by atoms with Crippen molar-refractivity contribution in [3.05, 3.63) is 62.5 Å². The summed E-state index contributed by atoms with van der Waals surface area (Å²) in [5, 5.41) is 14.6. The summed E-state index contributed by atoms with van der Waals surface area (Å²) in [6.45, 7) is -0.0607. The molecule has 0 aliphatic carbocycles. The molecule has 5 rings (SSSR count).